The topological polar surface area (TPSA) is 49.3 Å². The van der Waals surface area contributed by atoms with Gasteiger partial charge in [0.1, 0.15) is 0 Å². The molecule has 0 saturated heterocycles. The Kier molecular flexibility index (Phi) is 5.55. The summed E-state index contributed by atoms with van der Waals surface area (Å²) in [5, 5.41) is 13.0. The first-order chi connectivity index (χ1) is 9.56. The molecular formula is C15H19Cl2NO2. The predicted molar refractivity (Wildman–Crippen MR) is 82.6 cm³/mol. The van der Waals surface area contributed by atoms with Crippen molar-refractivity contribution >= 4 is 34.8 Å². The number of carbonyl (C=O) groups is 1. The molecule has 3 nitrogen and oxygen atoms in total. The molecule has 2 N–H and O–H groups in total. The number of rotatable bonds is 3. The van der Waals surface area contributed by atoms with Gasteiger partial charge in [-0.2, -0.15) is 0 Å². The monoisotopic (exact) mass is 315 g/mol. The van der Waals surface area contributed by atoms with E-state index in [0.29, 0.717) is 17.4 Å². The van der Waals surface area contributed by atoms with E-state index in [9.17, 15) is 9.90 Å². The lowest BCUT2D eigenvalue weighted by atomic mass is 9.96. The molecule has 0 aromatic heterocycles. The van der Waals surface area contributed by atoms with Crippen LogP contribution >= 0.6 is 23.2 Å². The van der Waals surface area contributed by atoms with Crippen LogP contribution in [-0.4, -0.2) is 11.0 Å². The van der Waals surface area contributed by atoms with Gasteiger partial charge in [-0.1, -0.05) is 48.9 Å². The molecule has 0 unspecified atom stereocenters. The number of amides is 1. The van der Waals surface area contributed by atoms with Crippen LogP contribution in [0.15, 0.2) is 12.1 Å². The summed E-state index contributed by atoms with van der Waals surface area (Å²) in [4.78, 5) is 12.1. The average Bonchev–Trinajstić information content (AvgIpc) is 2.64. The van der Waals surface area contributed by atoms with Crippen LogP contribution in [0.1, 0.15) is 44.9 Å². The van der Waals surface area contributed by atoms with E-state index in [2.05, 4.69) is 5.32 Å². The molecule has 20 heavy (non-hydrogen) atoms. The second-order valence-electron chi connectivity index (χ2n) is 5.39. The molecule has 5 heteroatoms. The van der Waals surface area contributed by atoms with E-state index in [0.717, 1.165) is 12.8 Å². The number of carbonyl (C=O) groups excluding carboxylic acids is 1. The van der Waals surface area contributed by atoms with Crippen LogP contribution in [0.5, 0.6) is 5.75 Å². The van der Waals surface area contributed by atoms with Crippen molar-refractivity contribution in [1.29, 1.82) is 0 Å². The SMILES string of the molecule is O=C(CC1CCCCCC1)Nc1cc(Cl)cc(Cl)c1O. The van der Waals surface area contributed by atoms with E-state index in [1.54, 1.807) is 0 Å². The Labute approximate surface area is 129 Å². The van der Waals surface area contributed by atoms with Crippen LogP contribution in [0.25, 0.3) is 0 Å². The van der Waals surface area contributed by atoms with E-state index < -0.39 is 0 Å². The van der Waals surface area contributed by atoms with Gasteiger partial charge in [0.15, 0.2) is 5.75 Å². The van der Waals surface area contributed by atoms with Gasteiger partial charge in [-0.05, 0) is 30.9 Å². The summed E-state index contributed by atoms with van der Waals surface area (Å²) in [6, 6.07) is 2.95. The maximum absolute atomic E-state index is 12.1. The third-order valence-electron chi connectivity index (χ3n) is 3.75. The molecule has 1 amide bonds. The zero-order valence-electron chi connectivity index (χ0n) is 11.3. The zero-order chi connectivity index (χ0) is 14.5. The van der Waals surface area contributed by atoms with E-state index in [4.69, 9.17) is 23.2 Å². The van der Waals surface area contributed by atoms with Crippen molar-refractivity contribution in [3.8, 4) is 5.75 Å². The molecule has 1 saturated carbocycles. The average molecular weight is 316 g/mol. The fourth-order valence-corrected chi connectivity index (χ4v) is 3.19. The van der Waals surface area contributed by atoms with Crippen molar-refractivity contribution in [2.75, 3.05) is 5.32 Å². The molecule has 110 valence electrons. The Bertz CT molecular complexity index is 483. The normalized spacial score (nSPS) is 16.7. The second-order valence-corrected chi connectivity index (χ2v) is 6.24. The number of benzene rings is 1. The standard InChI is InChI=1S/C15H19Cl2NO2/c16-11-8-12(17)15(20)13(9-11)18-14(19)7-10-5-3-1-2-4-6-10/h8-10,20H,1-7H2,(H,18,19). The van der Waals surface area contributed by atoms with Crippen molar-refractivity contribution in [3.63, 3.8) is 0 Å². The van der Waals surface area contributed by atoms with Crippen molar-refractivity contribution in [2.45, 2.75) is 44.9 Å². The molecule has 0 atom stereocenters. The Hall–Kier alpha value is -0.930. The highest BCUT2D eigenvalue weighted by Gasteiger charge is 2.17. The number of anilines is 1. The van der Waals surface area contributed by atoms with Gasteiger partial charge in [0.2, 0.25) is 5.91 Å². The van der Waals surface area contributed by atoms with Gasteiger partial charge in [0.05, 0.1) is 10.7 Å². The number of hydrogen-bond donors (Lipinski definition) is 2. The maximum atomic E-state index is 12.1. The summed E-state index contributed by atoms with van der Waals surface area (Å²) in [5.74, 6) is 0.213. The van der Waals surface area contributed by atoms with Gasteiger partial charge in [0.25, 0.3) is 0 Å². The Morgan fingerprint density at radius 1 is 1.20 bits per heavy atom. The first-order valence-electron chi connectivity index (χ1n) is 7.04. The van der Waals surface area contributed by atoms with Crippen molar-refractivity contribution in [1.82, 2.24) is 0 Å². The van der Waals surface area contributed by atoms with Crippen molar-refractivity contribution < 1.29 is 9.90 Å². The second kappa shape index (κ2) is 7.19. The quantitative estimate of drug-likeness (QED) is 0.609. The Balaban J connectivity index is 1.97. The molecule has 0 heterocycles. The Morgan fingerprint density at radius 3 is 2.50 bits per heavy atom. The molecule has 1 aliphatic rings. The van der Waals surface area contributed by atoms with Crippen LogP contribution in [0.3, 0.4) is 0 Å². The van der Waals surface area contributed by atoms with E-state index in [-0.39, 0.29) is 22.4 Å². The molecule has 0 aliphatic heterocycles. The maximum Gasteiger partial charge on any atom is 0.224 e. The number of halogens is 2. The van der Waals surface area contributed by atoms with Gasteiger partial charge < -0.3 is 10.4 Å². The van der Waals surface area contributed by atoms with Gasteiger partial charge in [-0.15, -0.1) is 0 Å². The predicted octanol–water partition coefficient (Wildman–Crippen LogP) is 5.00. The van der Waals surface area contributed by atoms with E-state index in [1.807, 2.05) is 0 Å². The summed E-state index contributed by atoms with van der Waals surface area (Å²) in [5.41, 5.74) is 0.279. The largest absolute Gasteiger partial charge is 0.504 e. The Morgan fingerprint density at radius 2 is 1.85 bits per heavy atom. The van der Waals surface area contributed by atoms with E-state index in [1.165, 1.54) is 37.8 Å². The lowest BCUT2D eigenvalue weighted by Crippen LogP contribution is -2.16. The number of hydrogen-bond acceptors (Lipinski definition) is 2. The smallest absolute Gasteiger partial charge is 0.224 e. The molecular weight excluding hydrogens is 297 g/mol. The molecule has 0 spiro atoms. The number of aromatic hydroxyl groups is 1. The fourth-order valence-electron chi connectivity index (χ4n) is 2.69. The molecule has 0 radical (unpaired) electrons. The summed E-state index contributed by atoms with van der Waals surface area (Å²) < 4.78 is 0. The number of nitrogens with one attached hydrogen (secondary N) is 1. The minimum absolute atomic E-state index is 0.0921. The minimum atomic E-state index is -0.134. The van der Waals surface area contributed by atoms with Crippen molar-refractivity contribution in [3.05, 3.63) is 22.2 Å². The summed E-state index contributed by atoms with van der Waals surface area (Å²) in [7, 11) is 0. The molecule has 1 aliphatic carbocycles. The lowest BCUT2D eigenvalue weighted by Gasteiger charge is -2.14. The van der Waals surface area contributed by atoms with Gasteiger partial charge in [-0.25, -0.2) is 0 Å². The summed E-state index contributed by atoms with van der Waals surface area (Å²) in [6.45, 7) is 0. The van der Waals surface area contributed by atoms with Gasteiger partial charge in [0, 0.05) is 11.4 Å². The molecule has 2 rings (SSSR count). The molecule has 0 bridgehead atoms. The summed E-state index contributed by atoms with van der Waals surface area (Å²) in [6.07, 6.45) is 7.64. The van der Waals surface area contributed by atoms with Gasteiger partial charge in [-0.3, -0.25) is 4.79 Å². The molecule has 1 aromatic carbocycles. The highest BCUT2D eigenvalue weighted by atomic mass is 35.5. The zero-order valence-corrected chi connectivity index (χ0v) is 12.8. The highest BCUT2D eigenvalue weighted by Crippen LogP contribution is 2.35. The first kappa shape index (κ1) is 15.5. The molecule has 1 fully saturated rings. The molecule has 1 aromatic rings. The lowest BCUT2D eigenvalue weighted by molar-refractivity contribution is -0.117. The van der Waals surface area contributed by atoms with Crippen LogP contribution in [0, 0.1) is 5.92 Å². The number of phenolic OH excluding ortho intramolecular Hbond substituents is 1. The van der Waals surface area contributed by atoms with Crippen LogP contribution in [0.2, 0.25) is 10.0 Å². The van der Waals surface area contributed by atoms with Crippen LogP contribution < -0.4 is 5.32 Å². The minimum Gasteiger partial charge on any atom is -0.504 e. The van der Waals surface area contributed by atoms with Gasteiger partial charge >= 0.3 is 0 Å². The summed E-state index contributed by atoms with van der Waals surface area (Å²) >= 11 is 11.7. The fraction of sp³-hybridized carbons (Fsp3) is 0.533. The third kappa shape index (κ3) is 4.29. The van der Waals surface area contributed by atoms with Crippen LogP contribution in [-0.2, 0) is 4.79 Å². The number of phenols is 1. The van der Waals surface area contributed by atoms with E-state index >= 15 is 0 Å². The first-order valence-corrected chi connectivity index (χ1v) is 7.79. The highest BCUT2D eigenvalue weighted by molar-refractivity contribution is 6.36. The van der Waals surface area contributed by atoms with Crippen LogP contribution in [0.4, 0.5) is 5.69 Å². The third-order valence-corrected chi connectivity index (χ3v) is 4.26. The van der Waals surface area contributed by atoms with Crippen molar-refractivity contribution in [2.24, 2.45) is 5.92 Å².